The van der Waals surface area contributed by atoms with Gasteiger partial charge in [0.25, 0.3) is 0 Å². The van der Waals surface area contributed by atoms with Gasteiger partial charge in [0.2, 0.25) is 0 Å². The summed E-state index contributed by atoms with van der Waals surface area (Å²) >= 11 is 0. The number of hydrogen-bond donors (Lipinski definition) is 2. The Morgan fingerprint density at radius 1 is 1.43 bits per heavy atom. The fourth-order valence-electron chi connectivity index (χ4n) is 1.47. The summed E-state index contributed by atoms with van der Waals surface area (Å²) in [7, 11) is 0. The molecule has 0 radical (unpaired) electrons. The van der Waals surface area contributed by atoms with Crippen LogP contribution < -0.4 is 5.32 Å². The van der Waals surface area contributed by atoms with E-state index in [0.717, 1.165) is 17.9 Å². The molecule has 1 unspecified atom stereocenters. The van der Waals surface area contributed by atoms with Crippen LogP contribution in [0.1, 0.15) is 30.8 Å². The van der Waals surface area contributed by atoms with Crippen LogP contribution in [0.25, 0.3) is 0 Å². The predicted molar refractivity (Wildman–Crippen MR) is 54.9 cm³/mol. The average molecular weight is 195 g/mol. The second-order valence-electron chi connectivity index (χ2n) is 3.15. The molecule has 0 fully saturated rings. The number of hydrogen-bond acceptors (Lipinski definition) is 4. The molecule has 1 atom stereocenters. The number of aliphatic hydroxyl groups is 1. The van der Waals surface area contributed by atoms with Gasteiger partial charge in [-0.3, -0.25) is 9.97 Å². The first-order valence-electron chi connectivity index (χ1n) is 4.91. The lowest BCUT2D eigenvalue weighted by atomic mass is 10.1. The maximum Gasteiger partial charge on any atom is 0.0786 e. The number of aryl methyl sites for hydroxylation is 1. The lowest BCUT2D eigenvalue weighted by molar-refractivity contribution is 0.264. The van der Waals surface area contributed by atoms with Gasteiger partial charge in [0.05, 0.1) is 17.4 Å². The molecular formula is C10H17N3O. The molecule has 2 N–H and O–H groups in total. The fourth-order valence-corrected chi connectivity index (χ4v) is 1.47. The maximum absolute atomic E-state index is 8.93. The van der Waals surface area contributed by atoms with Crippen LogP contribution in [0.3, 0.4) is 0 Å². The van der Waals surface area contributed by atoms with Crippen LogP contribution in [-0.4, -0.2) is 28.2 Å². The minimum Gasteiger partial charge on any atom is -0.396 e. The van der Waals surface area contributed by atoms with Crippen LogP contribution in [0.15, 0.2) is 12.4 Å². The van der Waals surface area contributed by atoms with E-state index in [9.17, 15) is 0 Å². The molecule has 4 heteroatoms. The number of nitrogens with zero attached hydrogens (tertiary/aromatic N) is 2. The molecule has 0 aliphatic carbocycles. The van der Waals surface area contributed by atoms with Crippen molar-refractivity contribution in [3.05, 3.63) is 23.8 Å². The lowest BCUT2D eigenvalue weighted by Gasteiger charge is -2.17. The zero-order chi connectivity index (χ0) is 10.4. The highest BCUT2D eigenvalue weighted by Crippen LogP contribution is 2.15. The Morgan fingerprint density at radius 3 is 2.71 bits per heavy atom. The quantitative estimate of drug-likeness (QED) is 0.730. The van der Waals surface area contributed by atoms with E-state index in [-0.39, 0.29) is 12.6 Å². The van der Waals surface area contributed by atoms with Crippen LogP contribution in [0, 0.1) is 6.92 Å². The third kappa shape index (κ3) is 2.75. The van der Waals surface area contributed by atoms with Crippen LogP contribution in [0.4, 0.5) is 0 Å². The summed E-state index contributed by atoms with van der Waals surface area (Å²) in [4.78, 5) is 8.46. The van der Waals surface area contributed by atoms with Crippen molar-refractivity contribution in [2.45, 2.75) is 26.3 Å². The summed E-state index contributed by atoms with van der Waals surface area (Å²) in [5.74, 6) is 0. The summed E-state index contributed by atoms with van der Waals surface area (Å²) in [6.07, 6.45) is 4.04. The van der Waals surface area contributed by atoms with Crippen molar-refractivity contribution < 1.29 is 5.11 Å². The molecule has 1 heterocycles. The van der Waals surface area contributed by atoms with Crippen LogP contribution in [-0.2, 0) is 0 Å². The molecule has 0 spiro atoms. The molecule has 1 rings (SSSR count). The van der Waals surface area contributed by atoms with E-state index in [2.05, 4.69) is 15.3 Å². The van der Waals surface area contributed by atoms with Crippen LogP contribution in [0.2, 0.25) is 0 Å². The molecule has 0 saturated carbocycles. The Bertz CT molecular complexity index is 272. The Hall–Kier alpha value is -1.00. The fraction of sp³-hybridized carbons (Fsp3) is 0.600. The van der Waals surface area contributed by atoms with E-state index in [1.165, 1.54) is 0 Å². The van der Waals surface area contributed by atoms with Gasteiger partial charge >= 0.3 is 0 Å². The molecular weight excluding hydrogens is 178 g/mol. The van der Waals surface area contributed by atoms with Gasteiger partial charge in [-0.2, -0.15) is 0 Å². The number of nitrogens with one attached hydrogen (secondary N) is 1. The lowest BCUT2D eigenvalue weighted by Crippen LogP contribution is -2.24. The van der Waals surface area contributed by atoms with Crippen LogP contribution >= 0.6 is 0 Å². The predicted octanol–water partition coefficient (Wildman–Crippen LogP) is 0.818. The molecule has 0 aliphatic heterocycles. The van der Waals surface area contributed by atoms with Gasteiger partial charge in [0.15, 0.2) is 0 Å². The Labute approximate surface area is 84.4 Å². The second-order valence-corrected chi connectivity index (χ2v) is 3.15. The van der Waals surface area contributed by atoms with Gasteiger partial charge in [0, 0.05) is 19.0 Å². The molecule has 0 bridgehead atoms. The highest BCUT2D eigenvalue weighted by atomic mass is 16.3. The van der Waals surface area contributed by atoms with Crippen molar-refractivity contribution in [3.8, 4) is 0 Å². The monoisotopic (exact) mass is 195 g/mol. The van der Waals surface area contributed by atoms with E-state index in [4.69, 9.17) is 5.11 Å². The van der Waals surface area contributed by atoms with Crippen LogP contribution in [0.5, 0.6) is 0 Å². The van der Waals surface area contributed by atoms with E-state index < -0.39 is 0 Å². The second kappa shape index (κ2) is 5.67. The van der Waals surface area contributed by atoms with E-state index >= 15 is 0 Å². The maximum atomic E-state index is 8.93. The molecule has 78 valence electrons. The van der Waals surface area contributed by atoms with Crippen molar-refractivity contribution >= 4 is 0 Å². The van der Waals surface area contributed by atoms with E-state index in [0.29, 0.717) is 6.42 Å². The van der Waals surface area contributed by atoms with Crippen molar-refractivity contribution in [1.29, 1.82) is 0 Å². The highest BCUT2D eigenvalue weighted by molar-refractivity contribution is 5.13. The van der Waals surface area contributed by atoms with Crippen molar-refractivity contribution in [2.75, 3.05) is 13.2 Å². The summed E-state index contributed by atoms with van der Waals surface area (Å²) < 4.78 is 0. The summed E-state index contributed by atoms with van der Waals surface area (Å²) in [6, 6.07) is 0.110. The molecule has 0 aromatic carbocycles. The van der Waals surface area contributed by atoms with E-state index in [1.54, 1.807) is 12.4 Å². The van der Waals surface area contributed by atoms with E-state index in [1.807, 2.05) is 13.8 Å². The number of aromatic nitrogens is 2. The molecule has 0 amide bonds. The first-order valence-corrected chi connectivity index (χ1v) is 4.91. The molecule has 0 saturated heterocycles. The smallest absolute Gasteiger partial charge is 0.0786 e. The Kier molecular flexibility index (Phi) is 4.49. The minimum absolute atomic E-state index is 0.110. The van der Waals surface area contributed by atoms with Crippen molar-refractivity contribution in [1.82, 2.24) is 15.3 Å². The topological polar surface area (TPSA) is 58.0 Å². The molecule has 4 nitrogen and oxygen atoms in total. The number of aliphatic hydroxyl groups excluding tert-OH is 1. The van der Waals surface area contributed by atoms with Crippen molar-refractivity contribution in [2.24, 2.45) is 0 Å². The SMILES string of the molecule is CCNC(CCO)c1nccnc1C. The molecule has 0 aliphatic rings. The highest BCUT2D eigenvalue weighted by Gasteiger charge is 2.13. The first-order chi connectivity index (χ1) is 6.79. The average Bonchev–Trinajstić information content (AvgIpc) is 2.18. The summed E-state index contributed by atoms with van der Waals surface area (Å²) in [6.45, 7) is 4.99. The first kappa shape index (κ1) is 11.1. The van der Waals surface area contributed by atoms with Gasteiger partial charge in [-0.25, -0.2) is 0 Å². The summed E-state index contributed by atoms with van der Waals surface area (Å²) in [5.41, 5.74) is 1.86. The molecule has 14 heavy (non-hydrogen) atoms. The molecule has 1 aromatic heterocycles. The Morgan fingerprint density at radius 2 is 2.14 bits per heavy atom. The minimum atomic E-state index is 0.110. The molecule has 1 aromatic rings. The van der Waals surface area contributed by atoms with Crippen molar-refractivity contribution in [3.63, 3.8) is 0 Å². The normalized spacial score (nSPS) is 12.8. The standard InChI is InChI=1S/C10H17N3O/c1-3-11-9(4-7-14)10-8(2)12-5-6-13-10/h5-6,9,11,14H,3-4,7H2,1-2H3. The van der Waals surface area contributed by atoms with Gasteiger partial charge in [-0.1, -0.05) is 6.92 Å². The van der Waals surface area contributed by atoms with Gasteiger partial charge in [-0.05, 0) is 19.9 Å². The third-order valence-electron chi connectivity index (χ3n) is 2.12. The third-order valence-corrected chi connectivity index (χ3v) is 2.12. The van der Waals surface area contributed by atoms with Gasteiger partial charge in [0.1, 0.15) is 0 Å². The summed E-state index contributed by atoms with van der Waals surface area (Å²) in [5, 5.41) is 12.2. The number of rotatable bonds is 5. The Balaban J connectivity index is 2.81. The largest absolute Gasteiger partial charge is 0.396 e. The van der Waals surface area contributed by atoms with Gasteiger partial charge < -0.3 is 10.4 Å². The van der Waals surface area contributed by atoms with Gasteiger partial charge in [-0.15, -0.1) is 0 Å². The zero-order valence-electron chi connectivity index (χ0n) is 8.70. The zero-order valence-corrected chi connectivity index (χ0v) is 8.70.